The third-order valence-corrected chi connectivity index (χ3v) is 6.27. The zero-order valence-corrected chi connectivity index (χ0v) is 19.9. The molecule has 8 heteroatoms. The van der Waals surface area contributed by atoms with Crippen molar-refractivity contribution in [2.75, 3.05) is 32.2 Å². The molecule has 0 aliphatic carbocycles. The highest BCUT2D eigenvalue weighted by molar-refractivity contribution is 7.80. The van der Waals surface area contributed by atoms with Gasteiger partial charge in [-0.25, -0.2) is 4.98 Å². The van der Waals surface area contributed by atoms with Crippen LogP contribution >= 0.6 is 23.8 Å². The van der Waals surface area contributed by atoms with E-state index in [1.807, 2.05) is 42.5 Å². The Balaban J connectivity index is 1.36. The number of ether oxygens (including phenoxy) is 3. The molecule has 1 aliphatic rings. The average Bonchev–Trinajstić information content (AvgIpc) is 2.85. The van der Waals surface area contributed by atoms with Crippen LogP contribution in [0.1, 0.15) is 18.4 Å². The molecule has 0 radical (unpaired) electrons. The van der Waals surface area contributed by atoms with Gasteiger partial charge < -0.3 is 24.8 Å². The first-order valence-corrected chi connectivity index (χ1v) is 11.5. The maximum absolute atomic E-state index is 6.09. The Labute approximate surface area is 204 Å². The van der Waals surface area contributed by atoms with Crippen LogP contribution in [0.4, 0.5) is 5.69 Å². The summed E-state index contributed by atoms with van der Waals surface area (Å²) >= 11 is 11.6. The molecule has 6 nitrogen and oxygen atoms in total. The van der Waals surface area contributed by atoms with Crippen LogP contribution in [0.25, 0.3) is 0 Å². The van der Waals surface area contributed by atoms with Gasteiger partial charge in [0.25, 0.3) is 0 Å². The summed E-state index contributed by atoms with van der Waals surface area (Å²) in [5, 5.41) is 7.85. The van der Waals surface area contributed by atoms with Crippen molar-refractivity contribution in [3.8, 4) is 17.4 Å². The maximum atomic E-state index is 6.09. The molecule has 1 aromatic heterocycles. The lowest BCUT2D eigenvalue weighted by Crippen LogP contribution is -2.45. The first-order valence-electron chi connectivity index (χ1n) is 10.7. The number of aromatic nitrogens is 1. The zero-order valence-electron chi connectivity index (χ0n) is 18.3. The third kappa shape index (κ3) is 5.93. The van der Waals surface area contributed by atoms with Crippen molar-refractivity contribution in [1.29, 1.82) is 0 Å². The van der Waals surface area contributed by atoms with Crippen molar-refractivity contribution in [2.45, 2.75) is 18.3 Å². The third-order valence-electron chi connectivity index (χ3n) is 5.77. The Morgan fingerprint density at radius 2 is 1.79 bits per heavy atom. The Bertz CT molecular complexity index is 1070. The second-order valence-electron chi connectivity index (χ2n) is 7.85. The summed E-state index contributed by atoms with van der Waals surface area (Å²) in [5.74, 6) is 1.72. The van der Waals surface area contributed by atoms with Gasteiger partial charge >= 0.3 is 0 Å². The first-order chi connectivity index (χ1) is 16.1. The minimum Gasteiger partial charge on any atom is -0.493 e. The standard InChI is InChI=1S/C25H26ClN3O3S/c1-30-21-4-2-3-5-22(21)32-23-11-10-20(16-27-23)29-24(33)28-17-25(12-14-31-15-13-25)18-6-8-19(26)9-7-18/h2-11,16H,12-15,17H2,1H3,(H2,28,29,33). The fourth-order valence-corrected chi connectivity index (χ4v) is 4.20. The Morgan fingerprint density at radius 3 is 2.45 bits per heavy atom. The number of hydrogen-bond acceptors (Lipinski definition) is 5. The first kappa shape index (κ1) is 23.3. The van der Waals surface area contributed by atoms with Gasteiger partial charge in [0, 0.05) is 36.3 Å². The van der Waals surface area contributed by atoms with Gasteiger partial charge in [0.1, 0.15) is 0 Å². The number of hydrogen-bond donors (Lipinski definition) is 2. The summed E-state index contributed by atoms with van der Waals surface area (Å²) in [4.78, 5) is 4.37. The van der Waals surface area contributed by atoms with Crippen molar-refractivity contribution < 1.29 is 14.2 Å². The molecule has 0 bridgehead atoms. The number of methoxy groups -OCH3 is 1. The van der Waals surface area contributed by atoms with Crippen LogP contribution in [0.2, 0.25) is 5.02 Å². The Morgan fingerprint density at radius 1 is 1.06 bits per heavy atom. The monoisotopic (exact) mass is 483 g/mol. The number of benzene rings is 2. The zero-order chi connectivity index (χ0) is 23.1. The van der Waals surface area contributed by atoms with Crippen LogP contribution < -0.4 is 20.1 Å². The molecule has 0 saturated carbocycles. The number of para-hydroxylation sites is 2. The van der Waals surface area contributed by atoms with E-state index in [1.54, 1.807) is 19.4 Å². The van der Waals surface area contributed by atoms with E-state index in [2.05, 4.69) is 27.8 Å². The van der Waals surface area contributed by atoms with E-state index in [0.29, 0.717) is 29.0 Å². The summed E-state index contributed by atoms with van der Waals surface area (Å²) in [7, 11) is 1.61. The van der Waals surface area contributed by atoms with E-state index in [9.17, 15) is 0 Å². The predicted octanol–water partition coefficient (Wildman–Crippen LogP) is 5.57. The number of rotatable bonds is 7. The lowest BCUT2D eigenvalue weighted by atomic mass is 9.74. The average molecular weight is 484 g/mol. The van der Waals surface area contributed by atoms with Crippen molar-refractivity contribution in [3.05, 3.63) is 77.4 Å². The molecule has 2 heterocycles. The minimum atomic E-state index is -0.0563. The molecule has 1 saturated heterocycles. The quantitative estimate of drug-likeness (QED) is 0.426. The largest absolute Gasteiger partial charge is 0.493 e. The van der Waals surface area contributed by atoms with Gasteiger partial charge in [-0.15, -0.1) is 0 Å². The smallest absolute Gasteiger partial charge is 0.219 e. The summed E-state index contributed by atoms with van der Waals surface area (Å²) < 4.78 is 16.7. The summed E-state index contributed by atoms with van der Waals surface area (Å²) in [6, 6.07) is 19.1. The van der Waals surface area contributed by atoms with Crippen LogP contribution in [0.5, 0.6) is 17.4 Å². The van der Waals surface area contributed by atoms with E-state index < -0.39 is 0 Å². The molecule has 1 fully saturated rings. The van der Waals surface area contributed by atoms with Gasteiger partial charge in [0.05, 0.1) is 19.0 Å². The van der Waals surface area contributed by atoms with Crippen molar-refractivity contribution in [2.24, 2.45) is 0 Å². The van der Waals surface area contributed by atoms with Gasteiger partial charge in [-0.2, -0.15) is 0 Å². The van der Waals surface area contributed by atoms with Crippen LogP contribution in [0, 0.1) is 0 Å². The fourth-order valence-electron chi connectivity index (χ4n) is 3.89. The van der Waals surface area contributed by atoms with Crippen LogP contribution in [-0.2, 0) is 10.2 Å². The van der Waals surface area contributed by atoms with Gasteiger partial charge in [0.15, 0.2) is 16.6 Å². The molecule has 0 spiro atoms. The number of halogens is 1. The van der Waals surface area contributed by atoms with Gasteiger partial charge in [0.2, 0.25) is 5.88 Å². The van der Waals surface area contributed by atoms with Crippen LogP contribution in [0.3, 0.4) is 0 Å². The lowest BCUT2D eigenvalue weighted by molar-refractivity contribution is 0.0515. The molecule has 0 atom stereocenters. The van der Waals surface area contributed by atoms with E-state index in [-0.39, 0.29) is 5.41 Å². The topological polar surface area (TPSA) is 64.6 Å². The van der Waals surface area contributed by atoms with Crippen molar-refractivity contribution >= 4 is 34.6 Å². The van der Waals surface area contributed by atoms with E-state index in [1.165, 1.54) is 5.56 Å². The Hall–Kier alpha value is -2.87. The highest BCUT2D eigenvalue weighted by Crippen LogP contribution is 2.35. The molecular formula is C25H26ClN3O3S. The van der Waals surface area contributed by atoms with Gasteiger partial charge in [-0.3, -0.25) is 0 Å². The number of nitrogens with zero attached hydrogens (tertiary/aromatic N) is 1. The van der Waals surface area contributed by atoms with E-state index in [4.69, 9.17) is 38.0 Å². The van der Waals surface area contributed by atoms with E-state index >= 15 is 0 Å². The molecule has 2 aromatic carbocycles. The minimum absolute atomic E-state index is 0.0563. The second kappa shape index (κ2) is 10.8. The van der Waals surface area contributed by atoms with Crippen molar-refractivity contribution in [1.82, 2.24) is 10.3 Å². The molecule has 0 amide bonds. The number of thiocarbonyl (C=S) groups is 1. The molecule has 1 aliphatic heterocycles. The van der Waals surface area contributed by atoms with Crippen LogP contribution in [0.15, 0.2) is 66.9 Å². The van der Waals surface area contributed by atoms with Crippen LogP contribution in [-0.4, -0.2) is 37.0 Å². The Kier molecular flexibility index (Phi) is 7.65. The molecule has 3 aromatic rings. The summed E-state index contributed by atoms with van der Waals surface area (Å²) in [5.41, 5.74) is 1.96. The SMILES string of the molecule is COc1ccccc1Oc1ccc(NC(=S)NCC2(c3ccc(Cl)cc3)CCOCC2)cn1. The number of nitrogens with one attached hydrogen (secondary N) is 2. The lowest BCUT2D eigenvalue weighted by Gasteiger charge is -2.38. The fraction of sp³-hybridized carbons (Fsp3) is 0.280. The molecular weight excluding hydrogens is 458 g/mol. The second-order valence-corrected chi connectivity index (χ2v) is 8.69. The molecule has 2 N–H and O–H groups in total. The highest BCUT2D eigenvalue weighted by Gasteiger charge is 2.34. The maximum Gasteiger partial charge on any atom is 0.219 e. The number of pyridine rings is 1. The van der Waals surface area contributed by atoms with Crippen molar-refractivity contribution in [3.63, 3.8) is 0 Å². The predicted molar refractivity (Wildman–Crippen MR) is 135 cm³/mol. The van der Waals surface area contributed by atoms with E-state index in [0.717, 1.165) is 36.8 Å². The molecule has 4 rings (SSSR count). The molecule has 33 heavy (non-hydrogen) atoms. The summed E-state index contributed by atoms with van der Waals surface area (Å²) in [6.45, 7) is 2.15. The molecule has 0 unspecified atom stereocenters. The summed E-state index contributed by atoms with van der Waals surface area (Å²) in [6.07, 6.45) is 3.52. The number of anilines is 1. The van der Waals surface area contributed by atoms with Gasteiger partial charge in [-0.05, 0) is 61.0 Å². The highest BCUT2D eigenvalue weighted by atomic mass is 35.5. The van der Waals surface area contributed by atoms with Gasteiger partial charge in [-0.1, -0.05) is 35.9 Å². The normalized spacial score (nSPS) is 14.8. The molecule has 172 valence electrons.